The molecule has 2 rings (SSSR count). The maximum absolute atomic E-state index is 6.20. The zero-order valence-electron chi connectivity index (χ0n) is 8.67. The zero-order valence-corrected chi connectivity index (χ0v) is 13.5. The molecule has 0 aliphatic carbocycles. The quantitative estimate of drug-likeness (QED) is 0.806. The molecular formula is C11H11Br2NS2. The van der Waals surface area contributed by atoms with Gasteiger partial charge in [-0.2, -0.15) is 0 Å². The largest absolute Gasteiger partial charge is 0.323 e. The molecule has 1 unspecified atom stereocenters. The second kappa shape index (κ2) is 5.31. The third-order valence-electron chi connectivity index (χ3n) is 2.29. The predicted octanol–water partition coefficient (Wildman–Crippen LogP) is 4.89. The van der Waals surface area contributed by atoms with Crippen LogP contribution in [-0.4, -0.2) is 0 Å². The summed E-state index contributed by atoms with van der Waals surface area (Å²) >= 11 is 10.5. The van der Waals surface area contributed by atoms with Gasteiger partial charge in [0.05, 0.1) is 7.57 Å². The molecule has 0 saturated carbocycles. The minimum Gasteiger partial charge on any atom is -0.323 e. The van der Waals surface area contributed by atoms with E-state index >= 15 is 0 Å². The second-order valence-corrected chi connectivity index (χ2v) is 8.57. The topological polar surface area (TPSA) is 26.0 Å². The Kier molecular flexibility index (Phi) is 4.24. The van der Waals surface area contributed by atoms with Crippen molar-refractivity contribution in [2.75, 3.05) is 0 Å². The molecule has 0 aromatic carbocycles. The summed E-state index contributed by atoms with van der Waals surface area (Å²) in [6, 6.07) is 6.47. The van der Waals surface area contributed by atoms with Crippen molar-refractivity contribution < 1.29 is 0 Å². The summed E-state index contributed by atoms with van der Waals surface area (Å²) in [4.78, 5) is 2.57. The average Bonchev–Trinajstić information content (AvgIpc) is 2.75. The molecule has 0 saturated heterocycles. The molecule has 16 heavy (non-hydrogen) atoms. The van der Waals surface area contributed by atoms with Gasteiger partial charge in [0.15, 0.2) is 0 Å². The third kappa shape index (κ3) is 2.96. The van der Waals surface area contributed by atoms with Crippen molar-refractivity contribution in [2.45, 2.75) is 19.4 Å². The molecular weight excluding hydrogens is 370 g/mol. The summed E-state index contributed by atoms with van der Waals surface area (Å²) in [6.07, 6.45) is 0.905. The second-order valence-electron chi connectivity index (χ2n) is 3.62. The van der Waals surface area contributed by atoms with Crippen LogP contribution in [0.4, 0.5) is 0 Å². The minimum absolute atomic E-state index is 0.0977. The van der Waals surface area contributed by atoms with E-state index in [1.54, 1.807) is 22.7 Å². The fourth-order valence-electron chi connectivity index (χ4n) is 1.45. The Hall–Kier alpha value is 0.320. The number of rotatable bonds is 3. The van der Waals surface area contributed by atoms with Crippen molar-refractivity contribution in [3.63, 3.8) is 0 Å². The maximum atomic E-state index is 6.20. The number of hydrogen-bond donors (Lipinski definition) is 1. The molecule has 2 N–H and O–H groups in total. The van der Waals surface area contributed by atoms with Gasteiger partial charge in [0, 0.05) is 22.2 Å². The van der Waals surface area contributed by atoms with E-state index in [0.717, 1.165) is 6.42 Å². The molecule has 2 aromatic rings. The molecule has 0 bridgehead atoms. The predicted molar refractivity (Wildman–Crippen MR) is 79.4 cm³/mol. The maximum Gasteiger partial charge on any atom is 0.0731 e. The highest BCUT2D eigenvalue weighted by Crippen LogP contribution is 2.33. The Bertz CT molecular complexity index is 470. The van der Waals surface area contributed by atoms with Crippen molar-refractivity contribution in [1.82, 2.24) is 0 Å². The van der Waals surface area contributed by atoms with E-state index in [2.05, 4.69) is 57.0 Å². The summed E-state index contributed by atoms with van der Waals surface area (Å²) < 4.78 is 2.35. The van der Waals surface area contributed by atoms with Crippen LogP contribution >= 0.6 is 54.5 Å². The van der Waals surface area contributed by atoms with Gasteiger partial charge in [0.25, 0.3) is 0 Å². The molecule has 0 radical (unpaired) electrons. The highest BCUT2D eigenvalue weighted by Gasteiger charge is 2.12. The van der Waals surface area contributed by atoms with E-state index < -0.39 is 0 Å². The molecule has 0 aliphatic rings. The van der Waals surface area contributed by atoms with Gasteiger partial charge in [-0.1, -0.05) is 0 Å². The molecule has 0 fully saturated rings. The molecule has 1 atom stereocenters. The first kappa shape index (κ1) is 12.8. The Morgan fingerprint density at radius 3 is 2.56 bits per heavy atom. The Labute approximate surface area is 120 Å². The lowest BCUT2D eigenvalue weighted by atomic mass is 10.1. The monoisotopic (exact) mass is 379 g/mol. The van der Waals surface area contributed by atoms with Crippen LogP contribution in [0.25, 0.3) is 0 Å². The normalized spacial score (nSPS) is 13.0. The summed E-state index contributed by atoms with van der Waals surface area (Å²) in [5.41, 5.74) is 7.47. The van der Waals surface area contributed by atoms with Crippen molar-refractivity contribution in [1.29, 1.82) is 0 Å². The lowest BCUT2D eigenvalue weighted by Crippen LogP contribution is -2.10. The summed E-state index contributed by atoms with van der Waals surface area (Å²) in [5, 5.41) is 0. The molecule has 0 aliphatic heterocycles. The minimum atomic E-state index is 0.0977. The van der Waals surface area contributed by atoms with Crippen LogP contribution in [0.3, 0.4) is 0 Å². The van der Waals surface area contributed by atoms with Crippen LogP contribution in [-0.2, 0) is 6.42 Å². The van der Waals surface area contributed by atoms with Crippen LogP contribution in [0, 0.1) is 6.92 Å². The SMILES string of the molecule is Cc1cc(C(N)Cc2ccc(Br)s2)sc1Br. The third-order valence-corrected chi connectivity index (χ3v) is 6.21. The van der Waals surface area contributed by atoms with Crippen LogP contribution in [0.2, 0.25) is 0 Å². The van der Waals surface area contributed by atoms with Crippen LogP contribution in [0.1, 0.15) is 21.4 Å². The summed E-state index contributed by atoms with van der Waals surface area (Å²) in [5.74, 6) is 0. The van der Waals surface area contributed by atoms with Gasteiger partial charge in [-0.15, -0.1) is 22.7 Å². The van der Waals surface area contributed by atoms with E-state index in [1.165, 1.54) is 22.9 Å². The molecule has 2 aromatic heterocycles. The molecule has 1 nitrogen and oxygen atoms in total. The molecule has 5 heteroatoms. The number of nitrogens with two attached hydrogens (primary N) is 1. The lowest BCUT2D eigenvalue weighted by molar-refractivity contribution is 0.745. The van der Waals surface area contributed by atoms with Gasteiger partial charge >= 0.3 is 0 Å². The van der Waals surface area contributed by atoms with Crippen molar-refractivity contribution in [3.8, 4) is 0 Å². The first-order valence-electron chi connectivity index (χ1n) is 4.82. The Balaban J connectivity index is 2.11. The number of hydrogen-bond acceptors (Lipinski definition) is 3. The number of thiophene rings is 2. The number of halogens is 2. The Morgan fingerprint density at radius 1 is 1.31 bits per heavy atom. The average molecular weight is 381 g/mol. The van der Waals surface area contributed by atoms with Gasteiger partial charge < -0.3 is 5.73 Å². The van der Waals surface area contributed by atoms with Crippen molar-refractivity contribution in [3.05, 3.63) is 41.1 Å². The first-order valence-corrected chi connectivity index (χ1v) is 8.04. The van der Waals surface area contributed by atoms with E-state index in [4.69, 9.17) is 5.73 Å². The van der Waals surface area contributed by atoms with Gasteiger partial charge in [-0.25, -0.2) is 0 Å². The van der Waals surface area contributed by atoms with Crippen LogP contribution in [0.5, 0.6) is 0 Å². The fraction of sp³-hybridized carbons (Fsp3) is 0.273. The highest BCUT2D eigenvalue weighted by molar-refractivity contribution is 9.11. The smallest absolute Gasteiger partial charge is 0.0731 e. The van der Waals surface area contributed by atoms with E-state index in [1.807, 2.05) is 0 Å². The lowest BCUT2D eigenvalue weighted by Gasteiger charge is -2.07. The van der Waals surface area contributed by atoms with Gasteiger partial charge in [-0.05, 0) is 62.5 Å². The molecule has 2 heterocycles. The molecule has 86 valence electrons. The zero-order chi connectivity index (χ0) is 11.7. The highest BCUT2D eigenvalue weighted by atomic mass is 79.9. The summed E-state index contributed by atoms with van der Waals surface area (Å²) in [6.45, 7) is 2.10. The first-order chi connectivity index (χ1) is 7.56. The van der Waals surface area contributed by atoms with Crippen molar-refractivity contribution in [2.24, 2.45) is 5.73 Å². The molecule has 0 spiro atoms. The van der Waals surface area contributed by atoms with E-state index in [-0.39, 0.29) is 6.04 Å². The Morgan fingerprint density at radius 2 is 2.06 bits per heavy atom. The van der Waals surface area contributed by atoms with Gasteiger partial charge in [-0.3, -0.25) is 0 Å². The standard InChI is InChI=1S/C11H11Br2NS2/c1-6-4-9(16-11(6)13)8(14)5-7-2-3-10(12)15-7/h2-4,8H,5,14H2,1H3. The number of aryl methyl sites for hydroxylation is 1. The van der Waals surface area contributed by atoms with E-state index in [0.29, 0.717) is 0 Å². The molecule has 0 amide bonds. The van der Waals surface area contributed by atoms with Gasteiger partial charge in [0.2, 0.25) is 0 Å². The van der Waals surface area contributed by atoms with Crippen molar-refractivity contribution >= 4 is 54.5 Å². The summed E-state index contributed by atoms with van der Waals surface area (Å²) in [7, 11) is 0. The van der Waals surface area contributed by atoms with Crippen LogP contribution < -0.4 is 5.73 Å². The fourth-order valence-corrected chi connectivity index (χ4v) is 4.56. The van der Waals surface area contributed by atoms with E-state index in [9.17, 15) is 0 Å². The van der Waals surface area contributed by atoms with Crippen LogP contribution in [0.15, 0.2) is 25.8 Å². The van der Waals surface area contributed by atoms with Gasteiger partial charge in [0.1, 0.15) is 0 Å².